The van der Waals surface area contributed by atoms with Gasteiger partial charge in [-0.15, -0.1) is 0 Å². The molecule has 8 heteroatoms. The number of benzene rings is 1. The first-order valence-electron chi connectivity index (χ1n) is 10.7. The fraction of sp³-hybridized carbons (Fsp3) is 0.478. The molecule has 0 bridgehead atoms. The summed E-state index contributed by atoms with van der Waals surface area (Å²) in [6.07, 6.45) is 3.90. The molecule has 2 fully saturated rings. The molecule has 164 valence electrons. The average Bonchev–Trinajstić information content (AvgIpc) is 3.58. The Morgan fingerprint density at radius 3 is 2.71 bits per heavy atom. The van der Waals surface area contributed by atoms with Gasteiger partial charge in [0.2, 0.25) is 5.91 Å². The summed E-state index contributed by atoms with van der Waals surface area (Å²) < 4.78 is 16.5. The normalized spacial score (nSPS) is 20.7. The molecule has 1 amide bonds. The number of nitrogens with zero attached hydrogens (tertiary/aromatic N) is 2. The number of esters is 1. The van der Waals surface area contributed by atoms with Crippen molar-refractivity contribution in [3.05, 3.63) is 36.2 Å². The first kappa shape index (κ1) is 21.2. The summed E-state index contributed by atoms with van der Waals surface area (Å²) in [5.74, 6) is 0.0128. The monoisotopic (exact) mass is 425 g/mol. The predicted molar refractivity (Wildman–Crippen MR) is 114 cm³/mol. The molecule has 1 aliphatic heterocycles. The highest BCUT2D eigenvalue weighted by Crippen LogP contribution is 2.40. The van der Waals surface area contributed by atoms with E-state index in [1.807, 2.05) is 25.1 Å². The zero-order valence-corrected chi connectivity index (χ0v) is 17.8. The Kier molecular flexibility index (Phi) is 6.46. The van der Waals surface area contributed by atoms with E-state index in [4.69, 9.17) is 14.2 Å². The Balaban J connectivity index is 1.40. The highest BCUT2D eigenvalue weighted by atomic mass is 16.5. The Bertz CT molecular complexity index is 958. The standard InChI is InChI=1S/C23H27N3O5/c1-3-30-23(28)18-11-17(18)22(27)26-21-12-19(24-13-25-21)15-4-5-20(14(2)10-15)31-16-6-8-29-9-7-16/h4-5,10,12-13,16-18H,3,6-9,11H2,1-2H3,(H,24,25,26,27)/t17-,18-/m1/s1. The van der Waals surface area contributed by atoms with Crippen LogP contribution in [0.2, 0.25) is 0 Å². The van der Waals surface area contributed by atoms with E-state index in [1.54, 1.807) is 13.0 Å². The molecule has 1 saturated heterocycles. The molecule has 1 saturated carbocycles. The quantitative estimate of drug-likeness (QED) is 0.680. The van der Waals surface area contributed by atoms with Crippen molar-refractivity contribution >= 4 is 17.7 Å². The van der Waals surface area contributed by atoms with E-state index in [0.29, 0.717) is 24.5 Å². The maximum absolute atomic E-state index is 12.4. The number of hydrogen-bond acceptors (Lipinski definition) is 7. The van der Waals surface area contributed by atoms with Gasteiger partial charge in [-0.05, 0) is 44.0 Å². The van der Waals surface area contributed by atoms with Crippen LogP contribution in [0, 0.1) is 18.8 Å². The van der Waals surface area contributed by atoms with E-state index in [1.165, 1.54) is 6.33 Å². The molecule has 4 rings (SSSR count). The lowest BCUT2D eigenvalue weighted by Crippen LogP contribution is -2.26. The summed E-state index contributed by atoms with van der Waals surface area (Å²) in [7, 11) is 0. The summed E-state index contributed by atoms with van der Waals surface area (Å²) in [5, 5.41) is 2.79. The maximum Gasteiger partial charge on any atom is 0.309 e. The van der Waals surface area contributed by atoms with Gasteiger partial charge in [-0.1, -0.05) is 0 Å². The molecular weight excluding hydrogens is 398 g/mol. The van der Waals surface area contributed by atoms with Crippen LogP contribution in [0.25, 0.3) is 11.3 Å². The number of carbonyl (C=O) groups excluding carboxylic acids is 2. The number of ether oxygens (including phenoxy) is 3. The third kappa shape index (κ3) is 5.19. The number of amides is 1. The second-order valence-electron chi connectivity index (χ2n) is 7.89. The summed E-state index contributed by atoms with van der Waals surface area (Å²) in [4.78, 5) is 32.7. The van der Waals surface area contributed by atoms with Gasteiger partial charge < -0.3 is 19.5 Å². The van der Waals surface area contributed by atoms with Crippen molar-refractivity contribution in [1.82, 2.24) is 9.97 Å². The van der Waals surface area contributed by atoms with Crippen molar-refractivity contribution in [2.24, 2.45) is 11.8 Å². The van der Waals surface area contributed by atoms with Crippen LogP contribution in [-0.4, -0.2) is 47.8 Å². The van der Waals surface area contributed by atoms with Crippen LogP contribution >= 0.6 is 0 Å². The average molecular weight is 425 g/mol. The minimum Gasteiger partial charge on any atom is -0.490 e. The number of aromatic nitrogens is 2. The van der Waals surface area contributed by atoms with Gasteiger partial charge in [0.25, 0.3) is 0 Å². The molecule has 1 aromatic carbocycles. The molecule has 31 heavy (non-hydrogen) atoms. The Labute approximate surface area is 181 Å². The molecular formula is C23H27N3O5. The summed E-state index contributed by atoms with van der Waals surface area (Å²) in [6, 6.07) is 7.65. The Hall–Kier alpha value is -3.00. The molecule has 1 aromatic heterocycles. The second-order valence-corrected chi connectivity index (χ2v) is 7.89. The lowest BCUT2D eigenvalue weighted by molar-refractivity contribution is -0.145. The van der Waals surface area contributed by atoms with Crippen molar-refractivity contribution < 1.29 is 23.8 Å². The van der Waals surface area contributed by atoms with Crippen LogP contribution in [0.5, 0.6) is 5.75 Å². The molecule has 1 aliphatic carbocycles. The maximum atomic E-state index is 12.4. The lowest BCUT2D eigenvalue weighted by atomic mass is 10.1. The lowest BCUT2D eigenvalue weighted by Gasteiger charge is -2.24. The number of carbonyl (C=O) groups is 2. The van der Waals surface area contributed by atoms with E-state index < -0.39 is 0 Å². The molecule has 0 unspecified atom stereocenters. The van der Waals surface area contributed by atoms with Crippen molar-refractivity contribution in [2.75, 3.05) is 25.1 Å². The van der Waals surface area contributed by atoms with Crippen LogP contribution in [0.3, 0.4) is 0 Å². The highest BCUT2D eigenvalue weighted by molar-refractivity contribution is 5.98. The van der Waals surface area contributed by atoms with Crippen molar-refractivity contribution in [3.63, 3.8) is 0 Å². The highest BCUT2D eigenvalue weighted by Gasteiger charge is 2.49. The second kappa shape index (κ2) is 9.43. The molecule has 0 spiro atoms. The third-order valence-electron chi connectivity index (χ3n) is 5.57. The van der Waals surface area contributed by atoms with Gasteiger partial charge in [-0.25, -0.2) is 9.97 Å². The number of aryl methyl sites for hydroxylation is 1. The minimum atomic E-state index is -0.360. The Morgan fingerprint density at radius 1 is 1.16 bits per heavy atom. The minimum absolute atomic E-state index is 0.181. The fourth-order valence-electron chi connectivity index (χ4n) is 3.71. The molecule has 2 aromatic rings. The summed E-state index contributed by atoms with van der Waals surface area (Å²) in [6.45, 7) is 5.54. The molecule has 2 aliphatic rings. The van der Waals surface area contributed by atoms with Gasteiger partial charge in [0.15, 0.2) is 0 Å². The molecule has 8 nitrogen and oxygen atoms in total. The van der Waals surface area contributed by atoms with Crippen LogP contribution < -0.4 is 10.1 Å². The van der Waals surface area contributed by atoms with Gasteiger partial charge in [-0.2, -0.15) is 0 Å². The number of rotatable bonds is 7. The summed E-state index contributed by atoms with van der Waals surface area (Å²) >= 11 is 0. The largest absolute Gasteiger partial charge is 0.490 e. The summed E-state index contributed by atoms with van der Waals surface area (Å²) in [5.41, 5.74) is 2.62. The number of anilines is 1. The zero-order valence-electron chi connectivity index (χ0n) is 17.8. The van der Waals surface area contributed by atoms with E-state index in [-0.39, 0.29) is 29.8 Å². The first-order chi connectivity index (χ1) is 15.0. The first-order valence-corrected chi connectivity index (χ1v) is 10.7. The SMILES string of the molecule is CCOC(=O)[C@@H]1C[C@H]1C(=O)Nc1cc(-c2ccc(OC3CCOCC3)c(C)c2)ncn1. The van der Waals surface area contributed by atoms with Crippen LogP contribution in [0.1, 0.15) is 31.7 Å². The van der Waals surface area contributed by atoms with Crippen molar-refractivity contribution in [2.45, 2.75) is 39.2 Å². The van der Waals surface area contributed by atoms with Gasteiger partial charge in [0.05, 0.1) is 37.4 Å². The molecule has 0 radical (unpaired) electrons. The number of nitrogens with one attached hydrogen (secondary N) is 1. The van der Waals surface area contributed by atoms with Crippen LogP contribution in [0.4, 0.5) is 5.82 Å². The molecule has 2 heterocycles. The Morgan fingerprint density at radius 2 is 1.97 bits per heavy atom. The van der Waals surface area contributed by atoms with E-state index >= 15 is 0 Å². The third-order valence-corrected chi connectivity index (χ3v) is 5.57. The van der Waals surface area contributed by atoms with Crippen molar-refractivity contribution in [3.8, 4) is 17.0 Å². The number of hydrogen-bond donors (Lipinski definition) is 1. The van der Waals surface area contributed by atoms with Gasteiger partial charge in [0.1, 0.15) is 24.0 Å². The van der Waals surface area contributed by atoms with Gasteiger partial charge in [0, 0.05) is 24.5 Å². The van der Waals surface area contributed by atoms with Gasteiger partial charge >= 0.3 is 5.97 Å². The molecule has 1 N–H and O–H groups in total. The smallest absolute Gasteiger partial charge is 0.309 e. The van der Waals surface area contributed by atoms with E-state index in [2.05, 4.69) is 15.3 Å². The van der Waals surface area contributed by atoms with Crippen molar-refractivity contribution in [1.29, 1.82) is 0 Å². The van der Waals surface area contributed by atoms with E-state index in [0.717, 1.165) is 42.9 Å². The van der Waals surface area contributed by atoms with E-state index in [9.17, 15) is 9.59 Å². The van der Waals surface area contributed by atoms with Crippen LogP contribution in [-0.2, 0) is 19.1 Å². The van der Waals surface area contributed by atoms with Crippen LogP contribution in [0.15, 0.2) is 30.6 Å². The predicted octanol–water partition coefficient (Wildman–Crippen LogP) is 3.15. The zero-order chi connectivity index (χ0) is 21.8. The topological polar surface area (TPSA) is 99.6 Å². The van der Waals surface area contributed by atoms with Gasteiger partial charge in [-0.3, -0.25) is 9.59 Å². The molecule has 2 atom stereocenters. The fourth-order valence-corrected chi connectivity index (χ4v) is 3.71.